The second-order valence-corrected chi connectivity index (χ2v) is 3.70. The predicted molar refractivity (Wildman–Crippen MR) is 62.7 cm³/mol. The molecule has 0 aromatic carbocycles. The van der Waals surface area contributed by atoms with Gasteiger partial charge in [0.05, 0.1) is 13.2 Å². The van der Waals surface area contributed by atoms with Crippen molar-refractivity contribution in [2.45, 2.75) is 33.2 Å². The zero-order valence-electron chi connectivity index (χ0n) is 9.95. The van der Waals surface area contributed by atoms with Gasteiger partial charge < -0.3 is 15.4 Å². The third kappa shape index (κ3) is 2.35. The summed E-state index contributed by atoms with van der Waals surface area (Å²) in [5.74, 6) is 0.982. The van der Waals surface area contributed by atoms with E-state index < -0.39 is 0 Å². The Morgan fingerprint density at radius 2 is 2.33 bits per heavy atom. The first-order chi connectivity index (χ1) is 7.13. The molecule has 2 N–H and O–H groups in total. The summed E-state index contributed by atoms with van der Waals surface area (Å²) in [5.41, 5.74) is 7.84. The Labute approximate surface area is 91.9 Å². The summed E-state index contributed by atoms with van der Waals surface area (Å²) in [5, 5.41) is 0. The molecule has 1 atom stereocenters. The second kappa shape index (κ2) is 4.91. The standard InChI is InChI=1S/C12H20N2O/c1-5-11-6-12(15-4)10(3)14(8-11)9(2)7-13/h6-8,10H,5,13H2,1-4H3/b9-7-. The Morgan fingerprint density at radius 3 is 2.80 bits per heavy atom. The van der Waals surface area contributed by atoms with Gasteiger partial charge in [-0.25, -0.2) is 0 Å². The van der Waals surface area contributed by atoms with Crippen LogP contribution in [0.2, 0.25) is 0 Å². The lowest BCUT2D eigenvalue weighted by molar-refractivity contribution is 0.214. The summed E-state index contributed by atoms with van der Waals surface area (Å²) in [6.07, 6.45) is 6.85. The fraction of sp³-hybridized carbons (Fsp3) is 0.500. The number of nitrogens with zero attached hydrogens (tertiary/aromatic N) is 1. The van der Waals surface area contributed by atoms with Crippen LogP contribution in [0.1, 0.15) is 27.2 Å². The molecule has 15 heavy (non-hydrogen) atoms. The monoisotopic (exact) mass is 208 g/mol. The summed E-state index contributed by atoms with van der Waals surface area (Å²) in [4.78, 5) is 2.14. The average Bonchev–Trinajstić information content (AvgIpc) is 2.28. The molecule has 0 fully saturated rings. The van der Waals surface area contributed by atoms with Gasteiger partial charge in [-0.2, -0.15) is 0 Å². The lowest BCUT2D eigenvalue weighted by Gasteiger charge is -2.33. The van der Waals surface area contributed by atoms with E-state index in [0.29, 0.717) is 0 Å². The molecule has 0 amide bonds. The molecule has 1 heterocycles. The summed E-state index contributed by atoms with van der Waals surface area (Å²) < 4.78 is 5.37. The van der Waals surface area contributed by atoms with Crippen molar-refractivity contribution in [3.63, 3.8) is 0 Å². The number of hydrogen-bond donors (Lipinski definition) is 1. The molecule has 1 unspecified atom stereocenters. The average molecular weight is 208 g/mol. The molecule has 3 heteroatoms. The Morgan fingerprint density at radius 1 is 1.67 bits per heavy atom. The number of nitrogens with two attached hydrogens (primary N) is 1. The van der Waals surface area contributed by atoms with Crippen LogP contribution in [-0.2, 0) is 4.74 Å². The van der Waals surface area contributed by atoms with E-state index in [1.54, 1.807) is 13.3 Å². The minimum atomic E-state index is 0.213. The maximum atomic E-state index is 5.55. The second-order valence-electron chi connectivity index (χ2n) is 3.70. The minimum absolute atomic E-state index is 0.213. The van der Waals surface area contributed by atoms with E-state index in [0.717, 1.165) is 17.9 Å². The van der Waals surface area contributed by atoms with Gasteiger partial charge in [0.1, 0.15) is 5.76 Å². The fourth-order valence-electron chi connectivity index (χ4n) is 1.68. The molecule has 0 aromatic rings. The van der Waals surface area contributed by atoms with Gasteiger partial charge in [0.15, 0.2) is 0 Å². The van der Waals surface area contributed by atoms with E-state index >= 15 is 0 Å². The van der Waals surface area contributed by atoms with Crippen molar-refractivity contribution in [2.75, 3.05) is 7.11 Å². The van der Waals surface area contributed by atoms with Crippen molar-refractivity contribution in [3.05, 3.63) is 35.5 Å². The topological polar surface area (TPSA) is 38.5 Å². The van der Waals surface area contributed by atoms with Gasteiger partial charge in [0.2, 0.25) is 0 Å². The first-order valence-corrected chi connectivity index (χ1v) is 5.27. The molecular weight excluding hydrogens is 188 g/mol. The van der Waals surface area contributed by atoms with Gasteiger partial charge in [-0.1, -0.05) is 6.92 Å². The SMILES string of the molecule is CCC1=CN(/C(C)=C\N)C(C)C(OC)=C1. The van der Waals surface area contributed by atoms with Crippen LogP contribution in [0.3, 0.4) is 0 Å². The molecule has 0 aromatic heterocycles. The molecule has 1 aliphatic rings. The van der Waals surface area contributed by atoms with E-state index in [4.69, 9.17) is 10.5 Å². The van der Waals surface area contributed by atoms with Crippen LogP contribution in [0, 0.1) is 0 Å². The Hall–Kier alpha value is -1.38. The van der Waals surface area contributed by atoms with Crippen molar-refractivity contribution < 1.29 is 4.74 Å². The number of methoxy groups -OCH3 is 1. The largest absolute Gasteiger partial charge is 0.499 e. The summed E-state index contributed by atoms with van der Waals surface area (Å²) >= 11 is 0. The van der Waals surface area contributed by atoms with Crippen LogP contribution in [-0.4, -0.2) is 18.1 Å². The molecule has 0 saturated heterocycles. The van der Waals surface area contributed by atoms with Crippen molar-refractivity contribution in [1.29, 1.82) is 0 Å². The third-order valence-corrected chi connectivity index (χ3v) is 2.75. The van der Waals surface area contributed by atoms with Gasteiger partial charge in [-0.3, -0.25) is 0 Å². The lowest BCUT2D eigenvalue weighted by Crippen LogP contribution is -2.32. The number of rotatable bonds is 3. The van der Waals surface area contributed by atoms with Gasteiger partial charge in [-0.05, 0) is 31.9 Å². The molecule has 0 radical (unpaired) electrons. The first-order valence-electron chi connectivity index (χ1n) is 5.27. The molecule has 1 rings (SSSR count). The van der Waals surface area contributed by atoms with Gasteiger partial charge in [0, 0.05) is 18.1 Å². The predicted octanol–water partition coefficient (Wildman–Crippen LogP) is 2.33. The molecular formula is C12H20N2O. The fourth-order valence-corrected chi connectivity index (χ4v) is 1.68. The van der Waals surface area contributed by atoms with Crippen LogP contribution in [0.4, 0.5) is 0 Å². The van der Waals surface area contributed by atoms with Crippen molar-refractivity contribution in [1.82, 2.24) is 4.90 Å². The normalized spacial score (nSPS) is 22.3. The first kappa shape index (κ1) is 11.7. The van der Waals surface area contributed by atoms with Crippen LogP contribution in [0.25, 0.3) is 0 Å². The number of hydrogen-bond acceptors (Lipinski definition) is 3. The van der Waals surface area contributed by atoms with Gasteiger partial charge >= 0.3 is 0 Å². The highest BCUT2D eigenvalue weighted by Gasteiger charge is 2.21. The molecule has 0 spiro atoms. The summed E-state index contributed by atoms with van der Waals surface area (Å²) in [7, 11) is 1.71. The minimum Gasteiger partial charge on any atom is -0.499 e. The molecule has 0 bridgehead atoms. The summed E-state index contributed by atoms with van der Waals surface area (Å²) in [6.45, 7) is 6.23. The smallest absolute Gasteiger partial charge is 0.118 e. The van der Waals surface area contributed by atoms with Crippen LogP contribution >= 0.6 is 0 Å². The molecule has 1 aliphatic heterocycles. The maximum absolute atomic E-state index is 5.55. The highest BCUT2D eigenvalue weighted by atomic mass is 16.5. The van der Waals surface area contributed by atoms with Gasteiger partial charge in [0.25, 0.3) is 0 Å². The van der Waals surface area contributed by atoms with Crippen molar-refractivity contribution >= 4 is 0 Å². The van der Waals surface area contributed by atoms with Crippen molar-refractivity contribution in [3.8, 4) is 0 Å². The van der Waals surface area contributed by atoms with Gasteiger partial charge in [-0.15, -0.1) is 0 Å². The number of ether oxygens (including phenoxy) is 1. The molecule has 0 saturated carbocycles. The Kier molecular flexibility index (Phi) is 3.83. The van der Waals surface area contributed by atoms with E-state index in [2.05, 4.69) is 31.0 Å². The molecule has 84 valence electrons. The highest BCUT2D eigenvalue weighted by molar-refractivity contribution is 5.30. The quantitative estimate of drug-likeness (QED) is 0.773. The Balaban J connectivity index is 3.01. The zero-order valence-corrected chi connectivity index (χ0v) is 9.95. The van der Waals surface area contributed by atoms with E-state index in [9.17, 15) is 0 Å². The van der Waals surface area contributed by atoms with Crippen LogP contribution in [0.15, 0.2) is 35.5 Å². The maximum Gasteiger partial charge on any atom is 0.118 e. The van der Waals surface area contributed by atoms with Crippen molar-refractivity contribution in [2.24, 2.45) is 5.73 Å². The molecule has 3 nitrogen and oxygen atoms in total. The highest BCUT2D eigenvalue weighted by Crippen LogP contribution is 2.25. The number of allylic oxidation sites excluding steroid dienone is 3. The zero-order chi connectivity index (χ0) is 11.4. The summed E-state index contributed by atoms with van der Waals surface area (Å²) in [6, 6.07) is 0.213. The lowest BCUT2D eigenvalue weighted by atomic mass is 10.1. The van der Waals surface area contributed by atoms with Crippen LogP contribution in [0.5, 0.6) is 0 Å². The third-order valence-electron chi connectivity index (χ3n) is 2.75. The van der Waals surface area contributed by atoms with Crippen LogP contribution < -0.4 is 5.73 Å². The van der Waals surface area contributed by atoms with E-state index in [1.165, 1.54) is 5.57 Å². The van der Waals surface area contributed by atoms with E-state index in [-0.39, 0.29) is 6.04 Å². The molecule has 0 aliphatic carbocycles. The Bertz CT molecular complexity index is 316. The van der Waals surface area contributed by atoms with E-state index in [1.807, 2.05) is 6.92 Å².